The Bertz CT molecular complexity index is 1680. The molecule has 0 aliphatic rings. The van der Waals surface area contributed by atoms with Crippen LogP contribution in [0.3, 0.4) is 0 Å². The number of anilines is 1. The van der Waals surface area contributed by atoms with Crippen molar-refractivity contribution in [3.8, 4) is 0 Å². The SMILES string of the molecule is CCS(=O)(=O)c1ccc2oc(SCC(=O)Nc3ncc(S(=O)(=O)c4ccc([N+](=O)[O-])cc4)s3)nc2c1. The maximum Gasteiger partial charge on any atom is 0.269 e. The topological polar surface area (TPSA) is 179 Å². The molecule has 1 N–H and O–H groups in total. The lowest BCUT2D eigenvalue weighted by molar-refractivity contribution is -0.384. The van der Waals surface area contributed by atoms with Gasteiger partial charge >= 0.3 is 0 Å². The molecule has 16 heteroatoms. The molecule has 0 unspecified atom stereocenters. The van der Waals surface area contributed by atoms with Crippen molar-refractivity contribution in [1.82, 2.24) is 9.97 Å². The molecule has 2 heterocycles. The van der Waals surface area contributed by atoms with E-state index in [9.17, 15) is 31.7 Å². The Morgan fingerprint density at radius 2 is 1.83 bits per heavy atom. The first-order valence-corrected chi connectivity index (χ1v) is 14.9. The lowest BCUT2D eigenvalue weighted by atomic mass is 10.3. The summed E-state index contributed by atoms with van der Waals surface area (Å²) in [4.78, 5) is 30.6. The number of thioether (sulfide) groups is 1. The molecule has 12 nitrogen and oxygen atoms in total. The van der Waals surface area contributed by atoms with Crippen LogP contribution in [0.2, 0.25) is 0 Å². The summed E-state index contributed by atoms with van der Waals surface area (Å²) in [5, 5.41) is 13.5. The van der Waals surface area contributed by atoms with Crippen molar-refractivity contribution in [2.45, 2.75) is 26.1 Å². The summed E-state index contributed by atoms with van der Waals surface area (Å²) in [7, 11) is -7.37. The molecule has 0 aliphatic carbocycles. The lowest BCUT2D eigenvalue weighted by Gasteiger charge is -2.01. The fourth-order valence-corrected chi connectivity index (χ4v) is 6.88. The molecule has 0 fully saturated rings. The number of oxazole rings is 1. The van der Waals surface area contributed by atoms with E-state index in [0.29, 0.717) is 11.1 Å². The quantitative estimate of drug-likeness (QED) is 0.177. The summed E-state index contributed by atoms with van der Waals surface area (Å²) in [5.74, 6) is -0.673. The third-order valence-corrected chi connectivity index (χ3v) is 10.5. The van der Waals surface area contributed by atoms with Crippen LogP contribution in [-0.2, 0) is 24.5 Å². The molecule has 0 radical (unpaired) electrons. The van der Waals surface area contributed by atoms with Crippen molar-refractivity contribution in [2.24, 2.45) is 0 Å². The second-order valence-corrected chi connectivity index (χ2v) is 13.5. The summed E-state index contributed by atoms with van der Waals surface area (Å²) < 4.78 is 54.9. The van der Waals surface area contributed by atoms with Gasteiger partial charge in [0.2, 0.25) is 15.7 Å². The number of fused-ring (bicyclic) bond motifs is 1. The number of hydrogen-bond donors (Lipinski definition) is 1. The van der Waals surface area contributed by atoms with Gasteiger partial charge in [0.05, 0.1) is 32.4 Å². The average Bonchev–Trinajstić information content (AvgIpc) is 3.49. The van der Waals surface area contributed by atoms with Gasteiger partial charge in [0, 0.05) is 12.1 Å². The highest BCUT2D eigenvalue weighted by Crippen LogP contribution is 2.30. The van der Waals surface area contributed by atoms with E-state index in [4.69, 9.17) is 4.42 Å². The van der Waals surface area contributed by atoms with Crippen LogP contribution >= 0.6 is 23.1 Å². The van der Waals surface area contributed by atoms with E-state index in [0.717, 1.165) is 53.6 Å². The van der Waals surface area contributed by atoms with Crippen LogP contribution in [0, 0.1) is 10.1 Å². The number of rotatable bonds is 9. The van der Waals surface area contributed by atoms with Gasteiger partial charge in [-0.3, -0.25) is 14.9 Å². The molecule has 2 aromatic heterocycles. The molecule has 0 saturated carbocycles. The smallest absolute Gasteiger partial charge is 0.269 e. The molecule has 36 heavy (non-hydrogen) atoms. The van der Waals surface area contributed by atoms with E-state index in [1.54, 1.807) is 6.92 Å². The predicted octanol–water partition coefficient (Wildman–Crippen LogP) is 3.55. The number of carbonyl (C=O) groups is 1. The molecule has 4 aromatic rings. The number of carbonyl (C=O) groups excluding carboxylic acids is 1. The van der Waals surface area contributed by atoms with Gasteiger partial charge in [0.25, 0.3) is 10.9 Å². The Morgan fingerprint density at radius 3 is 2.50 bits per heavy atom. The van der Waals surface area contributed by atoms with Crippen molar-refractivity contribution in [3.63, 3.8) is 0 Å². The van der Waals surface area contributed by atoms with Crippen molar-refractivity contribution < 1.29 is 31.0 Å². The molecule has 4 rings (SSSR count). The first-order chi connectivity index (χ1) is 17.0. The zero-order valence-corrected chi connectivity index (χ0v) is 21.5. The summed E-state index contributed by atoms with van der Waals surface area (Å²) in [5.41, 5.74) is 0.469. The number of nitrogens with zero attached hydrogens (tertiary/aromatic N) is 3. The van der Waals surface area contributed by atoms with Gasteiger partial charge in [-0.05, 0) is 30.3 Å². The van der Waals surface area contributed by atoms with Crippen LogP contribution in [0.4, 0.5) is 10.8 Å². The van der Waals surface area contributed by atoms with Crippen LogP contribution in [0.5, 0.6) is 0 Å². The Balaban J connectivity index is 1.40. The minimum Gasteiger partial charge on any atom is -0.431 e. The Labute approximate surface area is 212 Å². The third-order valence-electron chi connectivity index (χ3n) is 4.76. The molecule has 0 spiro atoms. The predicted molar refractivity (Wildman–Crippen MR) is 132 cm³/mol. The van der Waals surface area contributed by atoms with Gasteiger partial charge in [0.15, 0.2) is 20.6 Å². The summed E-state index contributed by atoms with van der Waals surface area (Å²) in [6.07, 6.45) is 1.09. The molecule has 0 atom stereocenters. The standard InChI is InChI=1S/C20H16N4O8S4/c1-2-35(28,29)14-7-8-16-15(9-14)22-20(32-16)33-11-17(25)23-19-21-10-18(34-19)36(30,31)13-5-3-12(4-6-13)24(26)27/h3-10H,2,11H2,1H3,(H,21,23,25). The number of sulfone groups is 2. The van der Waals surface area contributed by atoms with Crippen LogP contribution in [0.25, 0.3) is 11.1 Å². The monoisotopic (exact) mass is 568 g/mol. The molecular formula is C20H16N4O8S4. The molecule has 1 amide bonds. The minimum atomic E-state index is -3.97. The molecule has 2 aromatic carbocycles. The number of nitro groups is 1. The minimum absolute atomic E-state index is 0.0491. The number of benzene rings is 2. The highest BCUT2D eigenvalue weighted by atomic mass is 32.2. The summed E-state index contributed by atoms with van der Waals surface area (Å²) in [6, 6.07) is 8.76. The first kappa shape index (κ1) is 25.7. The van der Waals surface area contributed by atoms with E-state index in [-0.39, 0.29) is 41.5 Å². The summed E-state index contributed by atoms with van der Waals surface area (Å²) >= 11 is 1.70. The van der Waals surface area contributed by atoms with Crippen molar-refractivity contribution in [3.05, 3.63) is 58.8 Å². The van der Waals surface area contributed by atoms with Crippen molar-refractivity contribution in [1.29, 1.82) is 0 Å². The van der Waals surface area contributed by atoms with E-state index in [1.165, 1.54) is 18.2 Å². The Morgan fingerprint density at radius 1 is 1.14 bits per heavy atom. The Hall–Kier alpha value is -3.34. The van der Waals surface area contributed by atoms with Gasteiger partial charge in [0.1, 0.15) is 9.73 Å². The normalized spacial score (nSPS) is 12.0. The zero-order valence-electron chi connectivity index (χ0n) is 18.3. The summed E-state index contributed by atoms with van der Waals surface area (Å²) in [6.45, 7) is 1.54. The first-order valence-electron chi connectivity index (χ1n) is 10.0. The fraction of sp³-hybridized carbons (Fsp3) is 0.150. The van der Waals surface area contributed by atoms with Gasteiger partial charge in [-0.25, -0.2) is 26.8 Å². The van der Waals surface area contributed by atoms with Crippen LogP contribution in [0.15, 0.2) is 72.3 Å². The van der Waals surface area contributed by atoms with Crippen molar-refractivity contribution in [2.75, 3.05) is 16.8 Å². The van der Waals surface area contributed by atoms with Crippen LogP contribution in [-0.4, -0.2) is 49.1 Å². The van der Waals surface area contributed by atoms with Gasteiger partial charge in [-0.1, -0.05) is 30.0 Å². The number of thiazole rings is 1. The number of hydrogen-bond acceptors (Lipinski definition) is 12. The number of nitro benzene ring substituents is 1. The van der Waals surface area contributed by atoms with Crippen molar-refractivity contribution >= 4 is 70.6 Å². The molecule has 188 valence electrons. The molecule has 0 saturated heterocycles. The van der Waals surface area contributed by atoms with Gasteiger partial charge in [-0.15, -0.1) is 0 Å². The highest BCUT2D eigenvalue weighted by Gasteiger charge is 2.23. The third kappa shape index (κ3) is 5.40. The number of aromatic nitrogens is 2. The second kappa shape index (κ2) is 9.96. The number of amides is 1. The zero-order chi connectivity index (χ0) is 26.1. The van der Waals surface area contributed by atoms with E-state index in [1.807, 2.05) is 0 Å². The highest BCUT2D eigenvalue weighted by molar-refractivity contribution is 7.99. The van der Waals surface area contributed by atoms with E-state index in [2.05, 4.69) is 15.3 Å². The van der Waals surface area contributed by atoms with E-state index >= 15 is 0 Å². The van der Waals surface area contributed by atoms with Crippen LogP contribution in [0.1, 0.15) is 6.92 Å². The molecule has 0 aliphatic heterocycles. The Kier molecular flexibility index (Phi) is 7.12. The average molecular weight is 569 g/mol. The maximum absolute atomic E-state index is 12.7. The number of non-ortho nitro benzene ring substituents is 1. The van der Waals surface area contributed by atoms with Gasteiger partial charge < -0.3 is 9.73 Å². The molecular weight excluding hydrogens is 553 g/mol. The molecule has 0 bridgehead atoms. The van der Waals surface area contributed by atoms with Crippen LogP contribution < -0.4 is 5.32 Å². The fourth-order valence-electron chi connectivity index (χ4n) is 2.90. The lowest BCUT2D eigenvalue weighted by Crippen LogP contribution is -2.13. The largest absolute Gasteiger partial charge is 0.431 e. The number of nitrogens with one attached hydrogen (secondary N) is 1. The van der Waals surface area contributed by atoms with Gasteiger partial charge in [-0.2, -0.15) is 0 Å². The van der Waals surface area contributed by atoms with E-state index < -0.39 is 30.5 Å². The second-order valence-electron chi connectivity index (χ2n) is 7.09. The maximum atomic E-state index is 12.7.